The lowest BCUT2D eigenvalue weighted by atomic mass is 10.0. The molecule has 9 nitrogen and oxygen atoms in total. The topological polar surface area (TPSA) is 101 Å². The number of anilines is 1. The van der Waals surface area contributed by atoms with E-state index in [9.17, 15) is 18.0 Å². The summed E-state index contributed by atoms with van der Waals surface area (Å²) in [6.45, 7) is 1.37. The van der Waals surface area contributed by atoms with Crippen LogP contribution in [0.3, 0.4) is 0 Å². The molecule has 4 rings (SSSR count). The van der Waals surface area contributed by atoms with Crippen molar-refractivity contribution in [3.8, 4) is 0 Å². The fourth-order valence-corrected chi connectivity index (χ4v) is 3.73. The van der Waals surface area contributed by atoms with E-state index in [1.807, 2.05) is 11.0 Å². The summed E-state index contributed by atoms with van der Waals surface area (Å²) in [6.07, 6.45) is -1.57. The van der Waals surface area contributed by atoms with E-state index < -0.39 is 25.0 Å². The number of rotatable bonds is 7. The van der Waals surface area contributed by atoms with E-state index in [0.717, 1.165) is 16.9 Å². The lowest BCUT2D eigenvalue weighted by Gasteiger charge is -2.29. The minimum Gasteiger partial charge on any atom is -0.383 e. The van der Waals surface area contributed by atoms with Crippen LogP contribution in [0.25, 0.3) is 11.0 Å². The van der Waals surface area contributed by atoms with Crippen molar-refractivity contribution in [3.63, 3.8) is 0 Å². The molecule has 12 heteroatoms. The number of halogens is 3. The Labute approximate surface area is 175 Å². The number of aromatic amines is 1. The third-order valence-corrected chi connectivity index (χ3v) is 5.18. The van der Waals surface area contributed by atoms with Crippen molar-refractivity contribution < 1.29 is 22.7 Å². The molecule has 2 N–H and O–H groups in total. The van der Waals surface area contributed by atoms with E-state index in [2.05, 4.69) is 25.4 Å². The molecule has 31 heavy (non-hydrogen) atoms. The second kappa shape index (κ2) is 8.53. The minimum absolute atomic E-state index is 0.136. The predicted octanol–water partition coefficient (Wildman–Crippen LogP) is 2.05. The summed E-state index contributed by atoms with van der Waals surface area (Å²) in [7, 11) is 1.57. The summed E-state index contributed by atoms with van der Waals surface area (Å²) in [5.41, 5.74) is 2.41. The van der Waals surface area contributed by atoms with Crippen LogP contribution < -0.4 is 10.2 Å². The van der Waals surface area contributed by atoms with Crippen LogP contribution >= 0.6 is 0 Å². The number of H-pyrrole nitrogens is 1. The lowest BCUT2D eigenvalue weighted by molar-refractivity contribution is -0.133. The first-order valence-electron chi connectivity index (χ1n) is 9.83. The van der Waals surface area contributed by atoms with Crippen molar-refractivity contribution >= 4 is 22.8 Å². The van der Waals surface area contributed by atoms with Crippen LogP contribution in [0.2, 0.25) is 0 Å². The monoisotopic (exact) mass is 437 g/mol. The van der Waals surface area contributed by atoms with Gasteiger partial charge in [-0.25, -0.2) is 9.97 Å². The van der Waals surface area contributed by atoms with Gasteiger partial charge in [0.1, 0.15) is 17.8 Å². The average Bonchev–Trinajstić information content (AvgIpc) is 3.35. The van der Waals surface area contributed by atoms with Gasteiger partial charge in [-0.3, -0.25) is 9.48 Å². The molecule has 0 spiro atoms. The van der Waals surface area contributed by atoms with Crippen molar-refractivity contribution in [1.29, 1.82) is 0 Å². The van der Waals surface area contributed by atoms with Crippen LogP contribution in [0.15, 0.2) is 18.6 Å². The van der Waals surface area contributed by atoms with Crippen LogP contribution in [-0.4, -0.2) is 63.6 Å². The van der Waals surface area contributed by atoms with E-state index in [0.29, 0.717) is 43.9 Å². The standard InChI is InChI=1S/C19H22F3N7O2/c1-31-9-8-29-14-3-7-28(17-12-2-5-23-16(12)25-11-26-17)10-13(14)15(27-29)18(30)24-6-4-19(20,21)22/h2,5,11H,3-4,6-10H2,1H3,(H,24,30)(H,23,25,26). The van der Waals surface area contributed by atoms with Crippen molar-refractivity contribution in [2.45, 2.75) is 32.1 Å². The Kier molecular flexibility index (Phi) is 5.81. The summed E-state index contributed by atoms with van der Waals surface area (Å²) < 4.78 is 44.2. The van der Waals surface area contributed by atoms with Crippen LogP contribution in [0.1, 0.15) is 28.2 Å². The molecule has 166 valence electrons. The van der Waals surface area contributed by atoms with Crippen LogP contribution in [0.5, 0.6) is 0 Å². The molecule has 1 amide bonds. The van der Waals surface area contributed by atoms with Crippen LogP contribution in [0, 0.1) is 0 Å². The average molecular weight is 437 g/mol. The molecule has 0 unspecified atom stereocenters. The molecular formula is C19H22F3N7O2. The normalized spacial score (nSPS) is 14.1. The summed E-state index contributed by atoms with van der Waals surface area (Å²) in [5.74, 6) is 0.109. The molecule has 1 aliphatic rings. The Morgan fingerprint density at radius 1 is 1.35 bits per heavy atom. The number of carbonyl (C=O) groups is 1. The van der Waals surface area contributed by atoms with Crippen molar-refractivity contribution in [1.82, 2.24) is 30.0 Å². The number of nitrogens with zero attached hydrogens (tertiary/aromatic N) is 5. The van der Waals surface area contributed by atoms with Gasteiger partial charge in [0.2, 0.25) is 0 Å². The zero-order valence-electron chi connectivity index (χ0n) is 16.9. The molecule has 0 bridgehead atoms. The summed E-state index contributed by atoms with van der Waals surface area (Å²) in [5, 5.41) is 7.60. The van der Waals surface area contributed by atoms with E-state index in [1.165, 1.54) is 6.33 Å². The summed E-state index contributed by atoms with van der Waals surface area (Å²) in [4.78, 5) is 26.3. The summed E-state index contributed by atoms with van der Waals surface area (Å²) in [6, 6.07) is 1.88. The van der Waals surface area contributed by atoms with Gasteiger partial charge >= 0.3 is 6.18 Å². The molecule has 3 aromatic rings. The first-order valence-corrected chi connectivity index (χ1v) is 9.83. The van der Waals surface area contributed by atoms with Gasteiger partial charge in [0, 0.05) is 50.6 Å². The van der Waals surface area contributed by atoms with Gasteiger partial charge in [-0.2, -0.15) is 18.3 Å². The lowest BCUT2D eigenvalue weighted by Crippen LogP contribution is -2.34. The highest BCUT2D eigenvalue weighted by Gasteiger charge is 2.31. The highest BCUT2D eigenvalue weighted by molar-refractivity contribution is 5.94. The molecule has 0 saturated carbocycles. The minimum atomic E-state index is -4.34. The Morgan fingerprint density at radius 2 is 2.19 bits per heavy atom. The smallest absolute Gasteiger partial charge is 0.383 e. The highest BCUT2D eigenvalue weighted by Crippen LogP contribution is 2.29. The molecule has 0 aromatic carbocycles. The predicted molar refractivity (Wildman–Crippen MR) is 106 cm³/mol. The quantitative estimate of drug-likeness (QED) is 0.587. The van der Waals surface area contributed by atoms with Gasteiger partial charge in [0.15, 0.2) is 5.69 Å². The van der Waals surface area contributed by atoms with Gasteiger partial charge < -0.3 is 19.9 Å². The zero-order valence-corrected chi connectivity index (χ0v) is 16.9. The number of fused-ring (bicyclic) bond motifs is 2. The van der Waals surface area contributed by atoms with Crippen molar-refractivity contribution in [2.75, 3.05) is 31.7 Å². The van der Waals surface area contributed by atoms with Crippen LogP contribution in [0.4, 0.5) is 19.0 Å². The maximum atomic E-state index is 12.7. The van der Waals surface area contributed by atoms with Gasteiger partial charge in [-0.15, -0.1) is 0 Å². The van der Waals surface area contributed by atoms with Gasteiger partial charge in [0.25, 0.3) is 5.91 Å². The van der Waals surface area contributed by atoms with Gasteiger partial charge in [-0.05, 0) is 6.07 Å². The fraction of sp³-hybridized carbons (Fsp3) is 0.474. The highest BCUT2D eigenvalue weighted by atomic mass is 19.4. The zero-order chi connectivity index (χ0) is 22.0. The summed E-state index contributed by atoms with van der Waals surface area (Å²) >= 11 is 0. The molecule has 0 radical (unpaired) electrons. The molecule has 4 heterocycles. The van der Waals surface area contributed by atoms with Crippen LogP contribution in [-0.2, 0) is 24.2 Å². The second-order valence-corrected chi connectivity index (χ2v) is 7.22. The Balaban J connectivity index is 1.61. The molecule has 0 saturated heterocycles. The number of ether oxygens (including phenoxy) is 1. The Hall–Kier alpha value is -3.15. The molecular weight excluding hydrogens is 415 g/mol. The Morgan fingerprint density at radius 3 is 2.97 bits per heavy atom. The molecule has 0 fully saturated rings. The van der Waals surface area contributed by atoms with E-state index >= 15 is 0 Å². The first-order chi connectivity index (χ1) is 14.9. The van der Waals surface area contributed by atoms with Crippen molar-refractivity contribution in [3.05, 3.63) is 35.5 Å². The van der Waals surface area contributed by atoms with Crippen molar-refractivity contribution in [2.24, 2.45) is 0 Å². The molecule has 0 aliphatic carbocycles. The third kappa shape index (κ3) is 4.48. The first kappa shape index (κ1) is 21.1. The number of amides is 1. The number of carbonyl (C=O) groups excluding carboxylic acids is 1. The molecule has 0 atom stereocenters. The maximum absolute atomic E-state index is 12.7. The SMILES string of the molecule is COCCn1nc(C(=O)NCCC(F)(F)F)c2c1CCN(c1ncnc3[nH]ccc13)C2. The molecule has 3 aromatic heterocycles. The van der Waals surface area contributed by atoms with Gasteiger partial charge in [-0.1, -0.05) is 0 Å². The number of methoxy groups -OCH3 is 1. The second-order valence-electron chi connectivity index (χ2n) is 7.22. The fourth-order valence-electron chi connectivity index (χ4n) is 3.73. The third-order valence-electron chi connectivity index (χ3n) is 5.18. The number of hydrogen-bond acceptors (Lipinski definition) is 6. The van der Waals surface area contributed by atoms with Gasteiger partial charge in [0.05, 0.1) is 25.0 Å². The van der Waals surface area contributed by atoms with E-state index in [4.69, 9.17) is 4.74 Å². The number of hydrogen-bond donors (Lipinski definition) is 2. The van der Waals surface area contributed by atoms with E-state index in [1.54, 1.807) is 18.0 Å². The van der Waals surface area contributed by atoms with E-state index in [-0.39, 0.29) is 5.69 Å². The number of nitrogens with one attached hydrogen (secondary N) is 2. The molecule has 1 aliphatic heterocycles. The largest absolute Gasteiger partial charge is 0.390 e. The number of alkyl halides is 3. The number of aromatic nitrogens is 5. The maximum Gasteiger partial charge on any atom is 0.390 e. The Bertz CT molecular complexity index is 1080.